The molecule has 2 aromatic carbocycles. The minimum Gasteiger partial charge on any atom is -0.545 e. The molecule has 6 rings (SSSR count). The number of urea groups is 1. The van der Waals surface area contributed by atoms with Gasteiger partial charge in [0, 0.05) is 134 Å². The van der Waals surface area contributed by atoms with Crippen LogP contribution in [0.4, 0.5) is 10.5 Å². The van der Waals surface area contributed by atoms with Crippen molar-refractivity contribution in [3.8, 4) is 22.5 Å². The predicted octanol–water partition coefficient (Wildman–Crippen LogP) is 2.37. The van der Waals surface area contributed by atoms with Gasteiger partial charge in [-0.15, -0.1) is 0 Å². The van der Waals surface area contributed by atoms with Crippen LogP contribution in [0.25, 0.3) is 43.9 Å². The van der Waals surface area contributed by atoms with Crippen molar-refractivity contribution in [2.75, 3.05) is 157 Å². The number of hydrogen-bond donors (Lipinski definition) is 5. The van der Waals surface area contributed by atoms with Crippen molar-refractivity contribution in [3.05, 3.63) is 81.5 Å². The molecule has 4 aliphatic rings. The molecule has 2 fully saturated rings. The smallest absolute Gasteiger partial charge is 0.315 e. The van der Waals surface area contributed by atoms with E-state index in [1.807, 2.05) is 85.8 Å². The van der Waals surface area contributed by atoms with Gasteiger partial charge in [0.1, 0.15) is 25.4 Å². The Morgan fingerprint density at radius 1 is 0.747 bits per heavy atom. The average molecular weight is 1170 g/mol. The highest BCUT2D eigenvalue weighted by molar-refractivity contribution is 8.00. The summed E-state index contributed by atoms with van der Waals surface area (Å²) in [6.45, 7) is 4.53. The molecule has 3 aliphatic heterocycles. The van der Waals surface area contributed by atoms with E-state index in [0.29, 0.717) is 92.3 Å². The third kappa shape index (κ3) is 21.3. The van der Waals surface area contributed by atoms with Crippen molar-refractivity contribution in [2.24, 2.45) is 5.11 Å². The Labute approximate surface area is 487 Å². The fourth-order valence-electron chi connectivity index (χ4n) is 9.31. The Balaban J connectivity index is 0.912. The lowest BCUT2D eigenvalue weighted by Crippen LogP contribution is -2.39. The summed E-state index contributed by atoms with van der Waals surface area (Å²) in [6.07, 6.45) is 3.01. The second kappa shape index (κ2) is 35.2. The molecule has 2 aromatic rings. The lowest BCUT2D eigenvalue weighted by Gasteiger charge is -2.23. The number of nitrogens with one attached hydrogen (secondary N) is 5. The monoisotopic (exact) mass is 1170 g/mol. The van der Waals surface area contributed by atoms with E-state index in [-0.39, 0.29) is 131 Å². The van der Waals surface area contributed by atoms with E-state index in [4.69, 9.17) is 38.4 Å². The van der Waals surface area contributed by atoms with E-state index in [9.17, 15) is 33.9 Å². The molecule has 0 saturated carbocycles. The maximum atomic E-state index is 13.8. The number of carboxylic acid groups (broad SMARTS) is 1. The zero-order valence-corrected chi connectivity index (χ0v) is 48.7. The topological polar surface area (TPSA) is 312 Å². The first-order valence-electron chi connectivity index (χ1n) is 28.0. The summed E-state index contributed by atoms with van der Waals surface area (Å²) in [7, 11) is 7.62. The van der Waals surface area contributed by atoms with Gasteiger partial charge in [0.05, 0.1) is 103 Å². The highest BCUT2D eigenvalue weighted by Crippen LogP contribution is 2.42. The van der Waals surface area contributed by atoms with Gasteiger partial charge in [-0.2, -0.15) is 11.8 Å². The fourth-order valence-corrected chi connectivity index (χ4v) is 10.9. The zero-order chi connectivity index (χ0) is 59.3. The van der Waals surface area contributed by atoms with E-state index in [1.165, 1.54) is 23.1 Å². The standard InChI is InChI=1S/C57H79N11O14S/c1-66(2)40-10-13-43-47(36-40)82-48-37-41(67(3)4)11-14-44(48)53(43)45-35-39(9-12-42(45)56(73)74)55(72)61-17-15-52(71)68(22-26-79-30-34-81-33-29-78-25-20-62-65-58)21-16-51(70)60-19-24-77-28-32-80-31-27-76-23-18-59-50(69)8-6-5-7-49-54-46(38-83-49)63-57(75)64-54/h9-14,35-37,46,49,54H,5-8,15-34,38H2,1-4H3,(H5-,59,60,61,63,64,69,70,72,73,74,75)/t46-,49-,54-/m0/s1. The number of ether oxygens (including phenoxy) is 6. The molecule has 3 atom stereocenters. The number of azide groups is 1. The molecule has 83 heavy (non-hydrogen) atoms. The van der Waals surface area contributed by atoms with Crippen molar-refractivity contribution >= 4 is 64.0 Å². The molecule has 0 aromatic heterocycles. The summed E-state index contributed by atoms with van der Waals surface area (Å²) in [5.41, 5.74) is 11.2. The van der Waals surface area contributed by atoms with Gasteiger partial charge in [0.25, 0.3) is 5.91 Å². The van der Waals surface area contributed by atoms with Crippen LogP contribution in [0.3, 0.4) is 0 Å². The van der Waals surface area contributed by atoms with Crippen LogP contribution in [-0.4, -0.2) is 210 Å². The number of benzene rings is 3. The number of unbranched alkanes of at least 4 members (excludes halogenated alkanes) is 1. The van der Waals surface area contributed by atoms with Crippen LogP contribution in [0.5, 0.6) is 0 Å². The van der Waals surface area contributed by atoms with Crippen LogP contribution in [0.15, 0.2) is 64.1 Å². The largest absolute Gasteiger partial charge is 0.545 e. The molecule has 452 valence electrons. The summed E-state index contributed by atoms with van der Waals surface area (Å²) in [5, 5.41) is 32.4. The maximum absolute atomic E-state index is 13.8. The van der Waals surface area contributed by atoms with Gasteiger partial charge in [-0.05, 0) is 54.3 Å². The number of thioether (sulfide) groups is 1. The quantitative estimate of drug-likeness (QED) is 0.00815. The van der Waals surface area contributed by atoms with Crippen LogP contribution in [-0.2, 0) is 42.8 Å². The molecule has 25 nitrogen and oxygen atoms in total. The molecule has 5 N–H and O–H groups in total. The van der Waals surface area contributed by atoms with E-state index in [1.54, 1.807) is 0 Å². The lowest BCUT2D eigenvalue weighted by atomic mass is 9.89. The first-order valence-corrected chi connectivity index (χ1v) is 29.1. The van der Waals surface area contributed by atoms with Gasteiger partial charge in [-0.1, -0.05) is 17.6 Å². The van der Waals surface area contributed by atoms with Crippen molar-refractivity contribution < 1.29 is 66.7 Å². The third-order valence-corrected chi connectivity index (χ3v) is 15.2. The van der Waals surface area contributed by atoms with Gasteiger partial charge in [-0.3, -0.25) is 19.2 Å². The molecule has 0 bridgehead atoms. The molecule has 0 radical (unpaired) electrons. The predicted molar refractivity (Wildman–Crippen MR) is 311 cm³/mol. The van der Waals surface area contributed by atoms with Gasteiger partial charge >= 0.3 is 6.03 Å². The number of hydrogen-bond acceptors (Lipinski definition) is 17. The molecule has 26 heteroatoms. The summed E-state index contributed by atoms with van der Waals surface area (Å²) in [5.74, 6) is -1.17. The summed E-state index contributed by atoms with van der Waals surface area (Å²) in [4.78, 5) is 83.0. The molecule has 2 saturated heterocycles. The van der Waals surface area contributed by atoms with Crippen LogP contribution in [0, 0.1) is 0 Å². The van der Waals surface area contributed by atoms with E-state index in [2.05, 4.69) is 36.6 Å². The fraction of sp³-hybridized carbons (Fsp3) is 0.561. The Bertz CT molecular complexity index is 2880. The molecular weight excluding hydrogens is 1090 g/mol. The number of anilines is 1. The Morgan fingerprint density at radius 2 is 1.41 bits per heavy atom. The average Bonchev–Trinajstić information content (AvgIpc) is 3.70. The van der Waals surface area contributed by atoms with E-state index < -0.39 is 11.9 Å². The Kier molecular flexibility index (Phi) is 27.6. The lowest BCUT2D eigenvalue weighted by molar-refractivity contribution is -0.255. The highest BCUT2D eigenvalue weighted by Gasteiger charge is 2.42. The van der Waals surface area contributed by atoms with Crippen molar-refractivity contribution in [3.63, 3.8) is 0 Å². The highest BCUT2D eigenvalue weighted by atomic mass is 32.2. The number of carboxylic acids is 1. The minimum absolute atomic E-state index is 0.00812. The number of nitrogens with zero attached hydrogens (tertiary/aromatic N) is 6. The van der Waals surface area contributed by atoms with Crippen LogP contribution < -0.4 is 46.5 Å². The first kappa shape index (κ1) is 65.1. The van der Waals surface area contributed by atoms with Crippen LogP contribution in [0.1, 0.15) is 59.2 Å². The number of fused-ring (bicyclic) bond motifs is 3. The summed E-state index contributed by atoms with van der Waals surface area (Å²) in [6, 6.07) is 15.8. The number of carbonyl (C=O) groups excluding carboxylic acids is 6. The van der Waals surface area contributed by atoms with E-state index >= 15 is 0 Å². The normalized spacial score (nSPS) is 15.3. The zero-order valence-electron chi connectivity index (χ0n) is 47.9. The maximum Gasteiger partial charge on any atom is 0.315 e. The van der Waals surface area contributed by atoms with Crippen LogP contribution in [0.2, 0.25) is 0 Å². The molecule has 3 heterocycles. The molecule has 1 aliphatic carbocycles. The minimum atomic E-state index is -1.42. The van der Waals surface area contributed by atoms with Gasteiger partial charge in [-0.25, -0.2) is 9.37 Å². The second-order valence-corrected chi connectivity index (χ2v) is 21.3. The first-order chi connectivity index (χ1) is 40.2. The Morgan fingerprint density at radius 3 is 2.07 bits per heavy atom. The second-order valence-electron chi connectivity index (χ2n) is 20.0. The number of amides is 6. The van der Waals surface area contributed by atoms with Crippen molar-refractivity contribution in [2.45, 2.75) is 55.9 Å². The number of aromatic carboxylic acids is 1. The summed E-state index contributed by atoms with van der Waals surface area (Å²) >= 11 is 1.87. The van der Waals surface area contributed by atoms with Gasteiger partial charge in [0.2, 0.25) is 23.1 Å². The van der Waals surface area contributed by atoms with Crippen molar-refractivity contribution in [1.29, 1.82) is 0 Å². The third-order valence-electron chi connectivity index (χ3n) is 13.7. The SMILES string of the molecule is CN(C)c1ccc2c(-c3cc(C(=O)NCCC(=O)N(CCOCCOCCOCCN=[N+]=[N-])CCC(=O)NCCOCCOCCOCCNC(=O)CCCC[C@@H]4SC[C@@H]5NC(=O)N[C@@H]54)ccc3C(=O)[O-])c3ccc(=[N+](C)C)cc-3oc2c1. The van der Waals surface area contributed by atoms with Crippen molar-refractivity contribution in [1.82, 2.24) is 36.1 Å². The molecule has 6 amide bonds. The number of carbonyl (C=O) groups is 6. The summed E-state index contributed by atoms with van der Waals surface area (Å²) < 4.78 is 41.7. The Hall–Kier alpha value is -7.03. The van der Waals surface area contributed by atoms with Gasteiger partial charge < -0.3 is 79.1 Å². The molecular formula is C57H79N11O14S. The number of rotatable bonds is 39. The van der Waals surface area contributed by atoms with E-state index in [0.717, 1.165) is 36.1 Å². The van der Waals surface area contributed by atoms with Crippen LogP contribution >= 0.6 is 11.8 Å². The molecule has 0 spiro atoms. The molecule has 0 unspecified atom stereocenters. The van der Waals surface area contributed by atoms with Gasteiger partial charge in [0.15, 0.2) is 0 Å².